The number of aromatic nitrogens is 9. The lowest BCUT2D eigenvalue weighted by atomic mass is 9.70. The molecular weight excluding hydrogens is 909 g/mol. The van der Waals surface area contributed by atoms with E-state index in [0.717, 1.165) is 55.4 Å². The van der Waals surface area contributed by atoms with Crippen molar-refractivity contribution in [2.45, 2.75) is 107 Å². The molecule has 0 bridgehead atoms. The summed E-state index contributed by atoms with van der Waals surface area (Å²) in [5, 5.41) is 15.1. The van der Waals surface area contributed by atoms with Gasteiger partial charge in [-0.3, -0.25) is 28.1 Å². The van der Waals surface area contributed by atoms with Crippen molar-refractivity contribution in [2.75, 3.05) is 33.3 Å². The van der Waals surface area contributed by atoms with Crippen LogP contribution in [0.3, 0.4) is 0 Å². The number of nitrogens with one attached hydrogen (secondary N) is 1. The Labute approximate surface area is 406 Å². The van der Waals surface area contributed by atoms with Crippen LogP contribution in [0.5, 0.6) is 0 Å². The van der Waals surface area contributed by atoms with E-state index >= 15 is 18.4 Å². The Hall–Kier alpha value is -6.92. The molecule has 18 heteroatoms. The zero-order chi connectivity index (χ0) is 48.9. The van der Waals surface area contributed by atoms with Crippen molar-refractivity contribution < 1.29 is 22.8 Å². The molecule has 16 nitrogen and oxygen atoms in total. The number of imidazole rings is 1. The molecule has 2 saturated carbocycles. The minimum atomic E-state index is -0.835. The summed E-state index contributed by atoms with van der Waals surface area (Å²) in [4.78, 5) is 50.8. The third-order valence-electron chi connectivity index (χ3n) is 16.6. The third-order valence-corrected chi connectivity index (χ3v) is 16.6. The van der Waals surface area contributed by atoms with Crippen molar-refractivity contribution in [2.24, 2.45) is 7.05 Å². The van der Waals surface area contributed by atoms with E-state index in [0.29, 0.717) is 78.5 Å². The summed E-state index contributed by atoms with van der Waals surface area (Å²) >= 11 is 0. The molecule has 2 aliphatic carbocycles. The Morgan fingerprint density at radius 1 is 0.887 bits per heavy atom. The van der Waals surface area contributed by atoms with Gasteiger partial charge in [-0.25, -0.2) is 23.1 Å². The molecule has 5 aromatic heterocycles. The van der Waals surface area contributed by atoms with Crippen LogP contribution in [0.1, 0.15) is 129 Å². The Balaban J connectivity index is 1.01. The zero-order valence-electron chi connectivity index (χ0n) is 40.4. The lowest BCUT2D eigenvalue weighted by Gasteiger charge is -2.48. The maximum absolute atomic E-state index is 16.4. The van der Waals surface area contributed by atoms with Gasteiger partial charge in [0, 0.05) is 54.5 Å². The van der Waals surface area contributed by atoms with E-state index in [9.17, 15) is 4.79 Å². The van der Waals surface area contributed by atoms with E-state index in [-0.39, 0.29) is 40.2 Å². The van der Waals surface area contributed by atoms with E-state index in [4.69, 9.17) is 14.4 Å². The summed E-state index contributed by atoms with van der Waals surface area (Å²) in [7, 11) is 3.82. The van der Waals surface area contributed by atoms with E-state index < -0.39 is 34.3 Å². The lowest BCUT2D eigenvalue weighted by molar-refractivity contribution is -0.0592. The number of ether oxygens (including phenoxy) is 1. The molecule has 2 atom stereocenters. The summed E-state index contributed by atoms with van der Waals surface area (Å²) in [6.45, 7) is 8.70. The maximum Gasteiger partial charge on any atom is 0.438 e. The van der Waals surface area contributed by atoms with E-state index in [2.05, 4.69) is 63.8 Å². The first kappa shape index (κ1) is 44.1. The Morgan fingerprint density at radius 3 is 2.39 bits per heavy atom. The number of carbonyl (C=O) groups is 1. The van der Waals surface area contributed by atoms with Gasteiger partial charge in [-0.2, -0.15) is 10.2 Å². The molecule has 2 saturated heterocycles. The van der Waals surface area contributed by atoms with E-state index in [1.807, 2.05) is 24.0 Å². The summed E-state index contributed by atoms with van der Waals surface area (Å²) < 4.78 is 51.3. The fourth-order valence-electron chi connectivity index (χ4n) is 12.3. The Kier molecular flexibility index (Phi) is 9.64. The number of rotatable bonds is 8. The predicted octanol–water partition coefficient (Wildman–Crippen LogP) is 7.88. The molecule has 3 aliphatic heterocycles. The van der Waals surface area contributed by atoms with Crippen LogP contribution in [-0.4, -0.2) is 98.0 Å². The monoisotopic (exact) mass is 963 g/mol. The van der Waals surface area contributed by atoms with Crippen LogP contribution in [0, 0.1) is 11.6 Å². The van der Waals surface area contributed by atoms with Crippen LogP contribution in [0.15, 0.2) is 87.3 Å². The van der Waals surface area contributed by atoms with Crippen LogP contribution >= 0.6 is 0 Å². The molecule has 366 valence electrons. The number of hydrogen-bond acceptors (Lipinski definition) is 9. The molecule has 5 aliphatic rings. The number of nitrogens with zero attached hydrogens (tertiary/aromatic N) is 10. The average molecular weight is 964 g/mol. The largest absolute Gasteiger partial charge is 0.438 e. The van der Waals surface area contributed by atoms with Crippen LogP contribution < -0.4 is 11.4 Å². The van der Waals surface area contributed by atoms with Gasteiger partial charge in [-0.1, -0.05) is 11.2 Å². The predicted molar refractivity (Wildman–Crippen MR) is 260 cm³/mol. The summed E-state index contributed by atoms with van der Waals surface area (Å²) in [5.74, 6) is -0.664. The molecule has 1 amide bonds. The first-order valence-electron chi connectivity index (χ1n) is 24.8. The van der Waals surface area contributed by atoms with Crippen molar-refractivity contribution in [1.29, 1.82) is 0 Å². The molecule has 1 spiro atoms. The van der Waals surface area contributed by atoms with Gasteiger partial charge in [0.25, 0.3) is 5.91 Å². The molecule has 0 radical (unpaired) electrons. The molecule has 13 rings (SSSR count). The highest BCUT2D eigenvalue weighted by atomic mass is 19.1. The van der Waals surface area contributed by atoms with Crippen molar-refractivity contribution in [3.63, 3.8) is 0 Å². The second-order valence-electron chi connectivity index (χ2n) is 21.5. The smallest absolute Gasteiger partial charge is 0.376 e. The van der Waals surface area contributed by atoms with Crippen molar-refractivity contribution in [3.8, 4) is 17.2 Å². The van der Waals surface area contributed by atoms with Gasteiger partial charge < -0.3 is 19.1 Å². The summed E-state index contributed by atoms with van der Waals surface area (Å²) in [6.07, 6.45) is 10.7. The van der Waals surface area contributed by atoms with Crippen LogP contribution in [0.4, 0.5) is 8.78 Å². The number of H-pyrrole nitrogens is 1. The molecule has 8 aromatic rings. The topological polar surface area (TPSA) is 159 Å². The van der Waals surface area contributed by atoms with E-state index in [1.54, 1.807) is 47.0 Å². The van der Waals surface area contributed by atoms with Crippen molar-refractivity contribution in [1.82, 2.24) is 53.2 Å². The van der Waals surface area contributed by atoms with Gasteiger partial charge in [-0.05, 0) is 164 Å². The van der Waals surface area contributed by atoms with Gasteiger partial charge in [0.05, 0.1) is 45.8 Å². The quantitative estimate of drug-likeness (QED) is 0.160. The first-order valence-corrected chi connectivity index (χ1v) is 24.8. The standard InChI is InChI=1S/C53H55F2N11O5/c1-30-43-45(58-66(35-9-10-38(54)36(26-35)31-6-7-31)46(43)63-22-21-62(50(63)69)41-13-12-40-37(44(41)55)28-56-61(40)5)52(17-19-60(4)20-18-52)29-64(30)47(67)42-25-34-24-32(33-14-23-70-51(2,3)27-33)8-11-39(34)65(42)53(15-16-53)48-57-49(68)71-59-48/h8-13,21-22,24-26,28,30-31,33H,6-7,14-20,23,27,29H2,1-5H3,(H,57,59,68)/t30-,33-/m0/s1. The zero-order valence-corrected chi connectivity index (χ0v) is 40.4. The minimum Gasteiger partial charge on any atom is -0.376 e. The Morgan fingerprint density at radius 2 is 1.66 bits per heavy atom. The number of amides is 1. The highest BCUT2D eigenvalue weighted by Crippen LogP contribution is 2.53. The number of aryl methyl sites for hydroxylation is 1. The van der Waals surface area contributed by atoms with Gasteiger partial charge in [-0.15, -0.1) is 0 Å². The highest BCUT2D eigenvalue weighted by molar-refractivity contribution is 6.00. The Bertz CT molecular complexity index is 3610. The van der Waals surface area contributed by atoms with Gasteiger partial charge >= 0.3 is 11.4 Å². The van der Waals surface area contributed by atoms with Gasteiger partial charge in [0.15, 0.2) is 11.6 Å². The second-order valence-corrected chi connectivity index (χ2v) is 21.5. The molecule has 71 heavy (non-hydrogen) atoms. The van der Waals surface area contributed by atoms with E-state index in [1.165, 1.54) is 27.0 Å². The van der Waals surface area contributed by atoms with Gasteiger partial charge in [0.2, 0.25) is 0 Å². The number of likely N-dealkylation sites (tertiary alicyclic amines) is 1. The normalized spacial score (nSPS) is 21.6. The van der Waals surface area contributed by atoms with Crippen LogP contribution in [0.2, 0.25) is 0 Å². The second kappa shape index (κ2) is 15.5. The van der Waals surface area contributed by atoms with Crippen molar-refractivity contribution >= 4 is 27.7 Å². The number of hydrogen-bond donors (Lipinski definition) is 1. The lowest BCUT2D eigenvalue weighted by Crippen LogP contribution is -2.54. The third kappa shape index (κ3) is 6.80. The molecule has 3 aromatic carbocycles. The number of fused-ring (bicyclic) bond motifs is 4. The van der Waals surface area contributed by atoms with Crippen LogP contribution in [-0.2, 0) is 22.7 Å². The van der Waals surface area contributed by atoms with Crippen molar-refractivity contribution in [3.05, 3.63) is 140 Å². The molecule has 1 N–H and O–H groups in total. The molecule has 4 fully saturated rings. The number of carbonyl (C=O) groups excluding carboxylic acids is 1. The maximum atomic E-state index is 16.4. The SMILES string of the molecule is C[C@H]1c2c(nn(-c3ccc(F)c(C4CC4)c3)c2-n2ccn(-c3ccc4c(cnn4C)c3F)c2=O)C2(CCN(C)CC2)CN1C(=O)c1cc2cc([C@H]3CCOC(C)(C)C3)ccc2n1C1(c2noc(=O)[nH]2)CC1. The fraction of sp³-hybridized carbons (Fsp3) is 0.434. The van der Waals surface area contributed by atoms with Gasteiger partial charge in [0.1, 0.15) is 22.9 Å². The molecular formula is C53H55F2N11O5. The number of benzene rings is 3. The molecule has 0 unspecified atom stereocenters. The first-order chi connectivity index (χ1) is 34.1. The average Bonchev–Trinajstić information content (AvgIpc) is 4.09. The number of aromatic amines is 1. The fourth-order valence-corrected chi connectivity index (χ4v) is 12.3. The summed E-state index contributed by atoms with van der Waals surface area (Å²) in [6, 6.07) is 16.1. The highest BCUT2D eigenvalue weighted by Gasteiger charge is 2.54. The number of halogens is 2. The molecule has 8 heterocycles. The minimum absolute atomic E-state index is 0.0580. The number of piperidine rings is 1. The van der Waals surface area contributed by atoms with Crippen LogP contribution in [0.25, 0.3) is 39.0 Å². The summed E-state index contributed by atoms with van der Waals surface area (Å²) in [5.41, 5.74) is 3.43.